The number of benzene rings is 1. The predicted octanol–water partition coefficient (Wildman–Crippen LogP) is 4.66. The zero-order chi connectivity index (χ0) is 19.4. The van der Waals surface area contributed by atoms with Gasteiger partial charge in [-0.05, 0) is 56.7 Å². The average Bonchev–Trinajstić information content (AvgIpc) is 2.66. The van der Waals surface area contributed by atoms with Crippen molar-refractivity contribution in [1.29, 1.82) is 0 Å². The lowest BCUT2D eigenvalue weighted by molar-refractivity contribution is -0.118. The first-order valence-electron chi connectivity index (χ1n) is 8.62. The Hall–Kier alpha value is -2.15. The van der Waals surface area contributed by atoms with Crippen LogP contribution < -0.4 is 0 Å². The second kappa shape index (κ2) is 12.2. The van der Waals surface area contributed by atoms with E-state index >= 15 is 0 Å². The molecule has 0 amide bonds. The molecule has 0 aliphatic heterocycles. The van der Waals surface area contributed by atoms with Gasteiger partial charge >= 0.3 is 6.16 Å². The molecule has 0 spiro atoms. The minimum atomic E-state index is -0.948. The van der Waals surface area contributed by atoms with Crippen LogP contribution in [0.3, 0.4) is 0 Å². The number of thioether (sulfide) groups is 1. The van der Waals surface area contributed by atoms with Crippen LogP contribution in [0.4, 0.5) is 4.79 Å². The quantitative estimate of drug-likeness (QED) is 0.106. The molecule has 142 valence electrons. The summed E-state index contributed by atoms with van der Waals surface area (Å²) in [5.74, 6) is -0.117. The highest BCUT2D eigenvalue weighted by molar-refractivity contribution is 7.98. The minimum Gasteiger partial charge on any atom is -0.433 e. The summed E-state index contributed by atoms with van der Waals surface area (Å²) in [6.07, 6.45) is 3.56. The van der Waals surface area contributed by atoms with Crippen LogP contribution in [0.25, 0.3) is 0 Å². The van der Waals surface area contributed by atoms with Crippen molar-refractivity contribution in [1.82, 2.24) is 0 Å². The van der Waals surface area contributed by atoms with E-state index < -0.39 is 6.16 Å². The third-order valence-corrected chi connectivity index (χ3v) is 4.36. The van der Waals surface area contributed by atoms with E-state index in [0.717, 1.165) is 4.90 Å². The van der Waals surface area contributed by atoms with Crippen LogP contribution >= 0.6 is 11.8 Å². The Morgan fingerprint density at radius 3 is 2.27 bits per heavy atom. The van der Waals surface area contributed by atoms with Gasteiger partial charge in [-0.3, -0.25) is 14.4 Å². The fourth-order valence-corrected chi connectivity index (χ4v) is 2.55. The molecule has 1 rings (SSSR count). The van der Waals surface area contributed by atoms with Crippen LogP contribution in [0, 0.1) is 0 Å². The zero-order valence-corrected chi connectivity index (χ0v) is 16.3. The van der Waals surface area contributed by atoms with Crippen molar-refractivity contribution in [3.63, 3.8) is 0 Å². The van der Waals surface area contributed by atoms with E-state index in [2.05, 4.69) is 14.7 Å². The van der Waals surface area contributed by atoms with Gasteiger partial charge < -0.3 is 4.74 Å². The first-order valence-corrected chi connectivity index (χ1v) is 9.85. The number of unbranched alkanes of at least 4 members (excludes halogenated alkanes) is 1. The fourth-order valence-electron chi connectivity index (χ4n) is 2.14. The number of rotatable bonds is 11. The Labute approximate surface area is 158 Å². The van der Waals surface area contributed by atoms with Gasteiger partial charge in [0.15, 0.2) is 0 Å². The highest BCUT2D eigenvalue weighted by Gasteiger charge is 2.16. The molecule has 0 aromatic heterocycles. The third-order valence-electron chi connectivity index (χ3n) is 3.62. The second-order valence-electron chi connectivity index (χ2n) is 5.47. The SMILES string of the molecule is CCOC(=O)O/N=C(\CCCCC(=O)CC)C(=O)c1ccc(SC)cc1. The lowest BCUT2D eigenvalue weighted by Gasteiger charge is -2.06. The van der Waals surface area contributed by atoms with Crippen molar-refractivity contribution in [3.8, 4) is 0 Å². The van der Waals surface area contributed by atoms with Gasteiger partial charge in [0.05, 0.1) is 6.61 Å². The molecule has 0 aliphatic rings. The van der Waals surface area contributed by atoms with Crippen molar-refractivity contribution < 1.29 is 24.0 Å². The molecule has 0 saturated carbocycles. The Bertz CT molecular complexity index is 640. The van der Waals surface area contributed by atoms with Crippen molar-refractivity contribution >= 4 is 35.2 Å². The highest BCUT2D eigenvalue weighted by atomic mass is 32.2. The Morgan fingerprint density at radius 2 is 1.69 bits per heavy atom. The van der Waals surface area contributed by atoms with Gasteiger partial charge in [0.1, 0.15) is 11.5 Å². The number of carbonyl (C=O) groups is 3. The lowest BCUT2D eigenvalue weighted by Crippen LogP contribution is -2.16. The maximum atomic E-state index is 12.7. The number of ketones is 2. The van der Waals surface area contributed by atoms with Gasteiger partial charge in [-0.1, -0.05) is 12.1 Å². The van der Waals surface area contributed by atoms with E-state index in [1.165, 1.54) is 0 Å². The number of Topliss-reactive ketones (excluding diaryl/α,β-unsaturated/α-hetero) is 2. The van der Waals surface area contributed by atoms with Crippen LogP contribution in [0.5, 0.6) is 0 Å². The molecule has 1 aromatic carbocycles. The van der Waals surface area contributed by atoms with E-state index in [1.54, 1.807) is 30.8 Å². The van der Waals surface area contributed by atoms with Gasteiger partial charge in [0, 0.05) is 23.3 Å². The molecule has 26 heavy (non-hydrogen) atoms. The van der Waals surface area contributed by atoms with Gasteiger partial charge in [-0.25, -0.2) is 4.79 Å². The fraction of sp³-hybridized carbons (Fsp3) is 0.474. The maximum absolute atomic E-state index is 12.7. The van der Waals surface area contributed by atoms with Gasteiger partial charge in [0.2, 0.25) is 5.78 Å². The van der Waals surface area contributed by atoms with Crippen LogP contribution in [-0.4, -0.2) is 36.3 Å². The summed E-state index contributed by atoms with van der Waals surface area (Å²) < 4.78 is 4.65. The van der Waals surface area contributed by atoms with Crippen LogP contribution in [0.15, 0.2) is 34.3 Å². The average molecular weight is 379 g/mol. The van der Waals surface area contributed by atoms with E-state index in [0.29, 0.717) is 37.7 Å². The summed E-state index contributed by atoms with van der Waals surface area (Å²) in [6.45, 7) is 3.63. The molecule has 0 saturated heterocycles. The molecule has 0 heterocycles. The third kappa shape index (κ3) is 7.82. The predicted molar refractivity (Wildman–Crippen MR) is 102 cm³/mol. The normalized spacial score (nSPS) is 11.1. The summed E-state index contributed by atoms with van der Waals surface area (Å²) in [4.78, 5) is 41.1. The Balaban J connectivity index is 2.80. The van der Waals surface area contributed by atoms with Crippen molar-refractivity contribution in [3.05, 3.63) is 29.8 Å². The summed E-state index contributed by atoms with van der Waals surface area (Å²) >= 11 is 1.58. The van der Waals surface area contributed by atoms with E-state index in [-0.39, 0.29) is 23.9 Å². The molecule has 6 nitrogen and oxygen atoms in total. The molecule has 0 N–H and O–H groups in total. The van der Waals surface area contributed by atoms with Crippen molar-refractivity contribution in [2.75, 3.05) is 12.9 Å². The standard InChI is InChI=1S/C19H25NO5S/c1-4-15(21)8-6-7-9-17(20-25-19(23)24-5-2)18(22)14-10-12-16(26-3)13-11-14/h10-13H,4-9H2,1-3H3/b20-17+. The van der Waals surface area contributed by atoms with Crippen LogP contribution in [0.1, 0.15) is 56.3 Å². The smallest absolute Gasteiger partial charge is 0.433 e. The first-order chi connectivity index (χ1) is 12.5. The molecule has 0 radical (unpaired) electrons. The molecule has 0 bridgehead atoms. The monoisotopic (exact) mass is 379 g/mol. The van der Waals surface area contributed by atoms with Crippen molar-refractivity contribution in [2.24, 2.45) is 5.16 Å². The number of carbonyl (C=O) groups excluding carboxylic acids is 3. The zero-order valence-electron chi connectivity index (χ0n) is 15.4. The molecular formula is C19H25NO5S. The van der Waals surface area contributed by atoms with Crippen LogP contribution in [-0.2, 0) is 14.4 Å². The number of hydrogen-bond donors (Lipinski definition) is 0. The summed E-state index contributed by atoms with van der Waals surface area (Å²) in [6, 6.07) is 7.13. The number of ether oxygens (including phenoxy) is 1. The molecular weight excluding hydrogens is 354 g/mol. The van der Waals surface area contributed by atoms with Crippen LogP contribution in [0.2, 0.25) is 0 Å². The minimum absolute atomic E-state index is 0.138. The van der Waals surface area contributed by atoms with E-state index in [9.17, 15) is 14.4 Å². The number of nitrogens with zero attached hydrogens (tertiary/aromatic N) is 1. The molecule has 7 heteroatoms. The summed E-state index contributed by atoms with van der Waals surface area (Å²) in [7, 11) is 0. The van der Waals surface area contributed by atoms with Crippen molar-refractivity contribution in [2.45, 2.75) is 50.8 Å². The van der Waals surface area contributed by atoms with Gasteiger partial charge in [-0.15, -0.1) is 11.8 Å². The largest absolute Gasteiger partial charge is 0.535 e. The highest BCUT2D eigenvalue weighted by Crippen LogP contribution is 2.16. The van der Waals surface area contributed by atoms with E-state index in [1.807, 2.05) is 25.3 Å². The van der Waals surface area contributed by atoms with Gasteiger partial charge in [0.25, 0.3) is 0 Å². The number of hydrogen-bond acceptors (Lipinski definition) is 7. The van der Waals surface area contributed by atoms with Gasteiger partial charge in [-0.2, -0.15) is 0 Å². The summed E-state index contributed by atoms with van der Waals surface area (Å²) in [5, 5.41) is 3.70. The molecule has 0 fully saturated rings. The maximum Gasteiger partial charge on any atom is 0.535 e. The molecule has 1 aromatic rings. The van der Waals surface area contributed by atoms with E-state index in [4.69, 9.17) is 0 Å². The Kier molecular flexibility index (Phi) is 10.3. The first kappa shape index (κ1) is 21.9. The second-order valence-corrected chi connectivity index (χ2v) is 6.35. The molecule has 0 unspecified atom stereocenters. The number of oxime groups is 1. The molecule has 0 atom stereocenters. The topological polar surface area (TPSA) is 82.0 Å². The lowest BCUT2D eigenvalue weighted by atomic mass is 10.0. The molecule has 0 aliphatic carbocycles. The summed E-state index contributed by atoms with van der Waals surface area (Å²) in [5.41, 5.74) is 0.609. The Morgan fingerprint density at radius 1 is 1.04 bits per heavy atom.